The first-order valence-corrected chi connectivity index (χ1v) is 13.1. The number of hydrogen-bond donors (Lipinski definition) is 1. The fourth-order valence-electron chi connectivity index (χ4n) is 4.65. The highest BCUT2D eigenvalue weighted by atomic mass is 16.5. The van der Waals surface area contributed by atoms with Crippen LogP contribution in [-0.4, -0.2) is 19.7 Å². The summed E-state index contributed by atoms with van der Waals surface area (Å²) in [5, 5.41) is 15.5. The van der Waals surface area contributed by atoms with Crippen LogP contribution in [0.25, 0.3) is 39.5 Å². The third-order valence-electron chi connectivity index (χ3n) is 6.74. The third kappa shape index (κ3) is 5.40. The zero-order chi connectivity index (χ0) is 28.2. The number of aryl methyl sites for hydroxylation is 1. The molecule has 0 radical (unpaired) electrons. The van der Waals surface area contributed by atoms with E-state index in [-0.39, 0.29) is 17.0 Å². The van der Waals surface area contributed by atoms with Crippen LogP contribution in [0.4, 0.5) is 0 Å². The molecule has 0 spiro atoms. The van der Waals surface area contributed by atoms with Gasteiger partial charge in [0, 0.05) is 17.3 Å². The van der Waals surface area contributed by atoms with E-state index in [1.54, 1.807) is 29.0 Å². The number of aromatic amines is 1. The highest BCUT2D eigenvalue weighted by molar-refractivity contribution is 5.91. The number of nitrogens with zero attached hydrogens (tertiary/aromatic N) is 4. The smallest absolute Gasteiger partial charge is 0.259 e. The summed E-state index contributed by atoms with van der Waals surface area (Å²) >= 11 is 0. The van der Waals surface area contributed by atoms with Crippen molar-refractivity contribution < 1.29 is 4.74 Å². The number of nitrogens with one attached hydrogen (secondary N) is 1. The second-order valence-electron chi connectivity index (χ2n) is 9.57. The Morgan fingerprint density at radius 1 is 0.976 bits per heavy atom. The Morgan fingerprint density at radius 2 is 1.71 bits per heavy atom. The number of H-pyrrole nitrogens is 1. The van der Waals surface area contributed by atoms with E-state index in [9.17, 15) is 10.1 Å². The van der Waals surface area contributed by atoms with Crippen molar-refractivity contribution in [1.82, 2.24) is 19.7 Å². The van der Waals surface area contributed by atoms with Crippen molar-refractivity contribution in [3.05, 3.63) is 142 Å². The molecule has 1 N–H and O–H groups in total. The molecule has 0 atom stereocenters. The van der Waals surface area contributed by atoms with E-state index < -0.39 is 0 Å². The molecule has 6 rings (SSSR count). The van der Waals surface area contributed by atoms with Gasteiger partial charge in [0.25, 0.3) is 5.56 Å². The Hall–Kier alpha value is -5.74. The number of nitriles is 1. The van der Waals surface area contributed by atoms with Crippen LogP contribution < -0.4 is 10.3 Å². The Kier molecular flexibility index (Phi) is 6.95. The van der Waals surface area contributed by atoms with E-state index in [0.29, 0.717) is 28.8 Å². The summed E-state index contributed by atoms with van der Waals surface area (Å²) in [7, 11) is 0. The number of fused-ring (bicyclic) bond motifs is 1. The van der Waals surface area contributed by atoms with Gasteiger partial charge in [0.15, 0.2) is 5.82 Å². The van der Waals surface area contributed by atoms with Crippen LogP contribution in [0.2, 0.25) is 0 Å². The molecule has 0 aliphatic carbocycles. The summed E-state index contributed by atoms with van der Waals surface area (Å²) in [5.74, 6) is 0.989. The molecule has 2 heterocycles. The normalized spacial score (nSPS) is 11.4. The molecule has 4 aromatic carbocycles. The van der Waals surface area contributed by atoms with Crippen molar-refractivity contribution in [2.75, 3.05) is 0 Å². The lowest BCUT2D eigenvalue weighted by Gasteiger charge is -2.11. The van der Waals surface area contributed by atoms with Crippen molar-refractivity contribution >= 4 is 22.6 Å². The summed E-state index contributed by atoms with van der Waals surface area (Å²) in [6.07, 6.45) is 3.58. The molecule has 7 heteroatoms. The molecular weight excluding hydrogens is 510 g/mol. The van der Waals surface area contributed by atoms with Gasteiger partial charge in [-0.1, -0.05) is 60.7 Å². The molecule has 6 aromatic rings. The molecule has 0 saturated heterocycles. The molecule has 7 nitrogen and oxygen atoms in total. The van der Waals surface area contributed by atoms with Gasteiger partial charge in [0.05, 0.1) is 22.2 Å². The maximum atomic E-state index is 12.7. The molecule has 0 aliphatic rings. The van der Waals surface area contributed by atoms with Gasteiger partial charge in [-0.05, 0) is 66.6 Å². The Bertz CT molecular complexity index is 1980. The first-order valence-electron chi connectivity index (χ1n) is 13.1. The summed E-state index contributed by atoms with van der Waals surface area (Å²) in [6, 6.07) is 35.0. The quantitative estimate of drug-likeness (QED) is 0.229. The van der Waals surface area contributed by atoms with Crippen LogP contribution in [0.5, 0.6) is 5.75 Å². The van der Waals surface area contributed by atoms with Gasteiger partial charge in [-0.15, -0.1) is 0 Å². The molecule has 0 aliphatic heterocycles. The van der Waals surface area contributed by atoms with E-state index in [1.165, 1.54) is 0 Å². The average Bonchev–Trinajstić information content (AvgIpc) is 3.44. The van der Waals surface area contributed by atoms with Gasteiger partial charge in [0.2, 0.25) is 0 Å². The Morgan fingerprint density at radius 3 is 2.46 bits per heavy atom. The van der Waals surface area contributed by atoms with Crippen molar-refractivity contribution in [1.29, 1.82) is 5.26 Å². The van der Waals surface area contributed by atoms with Crippen LogP contribution in [0.3, 0.4) is 0 Å². The number of rotatable bonds is 7. The van der Waals surface area contributed by atoms with E-state index in [1.807, 2.05) is 98.0 Å². The van der Waals surface area contributed by atoms with Crippen molar-refractivity contribution in [3.8, 4) is 28.8 Å². The van der Waals surface area contributed by atoms with Gasteiger partial charge in [-0.2, -0.15) is 10.4 Å². The molecule has 198 valence electrons. The lowest BCUT2D eigenvalue weighted by Crippen LogP contribution is -2.11. The lowest BCUT2D eigenvalue weighted by molar-refractivity contribution is 0.304. The SMILES string of the molecule is Cc1cc(-c2nn(-c3ccccc3)cc2C=C(C#N)c2nc3ccccc3c(=O)[nH]2)ccc1OCc1ccccc1. The first-order chi connectivity index (χ1) is 20.1. The summed E-state index contributed by atoms with van der Waals surface area (Å²) in [4.78, 5) is 20.0. The Balaban J connectivity index is 1.41. The summed E-state index contributed by atoms with van der Waals surface area (Å²) in [6.45, 7) is 2.47. The maximum Gasteiger partial charge on any atom is 0.259 e. The predicted molar refractivity (Wildman–Crippen MR) is 160 cm³/mol. The maximum absolute atomic E-state index is 12.7. The minimum Gasteiger partial charge on any atom is -0.489 e. The van der Waals surface area contributed by atoms with Gasteiger partial charge >= 0.3 is 0 Å². The Labute approximate surface area is 236 Å². The first kappa shape index (κ1) is 25.5. The largest absolute Gasteiger partial charge is 0.489 e. The lowest BCUT2D eigenvalue weighted by atomic mass is 10.0. The van der Waals surface area contributed by atoms with Gasteiger partial charge in [0.1, 0.15) is 24.1 Å². The van der Waals surface area contributed by atoms with E-state index in [4.69, 9.17) is 9.84 Å². The molecule has 0 saturated carbocycles. The molecule has 2 aromatic heterocycles. The number of ether oxygens (including phenoxy) is 1. The number of allylic oxidation sites excluding steroid dienone is 1. The zero-order valence-electron chi connectivity index (χ0n) is 22.3. The van der Waals surface area contributed by atoms with Crippen molar-refractivity contribution in [2.24, 2.45) is 0 Å². The van der Waals surface area contributed by atoms with Crippen LogP contribution in [0.1, 0.15) is 22.5 Å². The fraction of sp³-hybridized carbons (Fsp3) is 0.0588. The standard InChI is InChI=1S/C34H25N5O2/c1-23-18-25(16-17-31(23)41-22-24-10-4-2-5-11-24)32-27(21-39(38-32)28-12-6-3-7-13-28)19-26(20-35)33-36-30-15-9-8-14-29(30)34(40)37-33/h2-19,21H,22H2,1H3,(H,36,37,40). The van der Waals surface area contributed by atoms with E-state index in [2.05, 4.69) is 16.0 Å². The molecular formula is C34H25N5O2. The second kappa shape index (κ2) is 11.2. The molecule has 0 amide bonds. The summed E-state index contributed by atoms with van der Waals surface area (Å²) < 4.78 is 7.86. The molecule has 0 unspecified atom stereocenters. The predicted octanol–water partition coefficient (Wildman–Crippen LogP) is 6.73. The van der Waals surface area contributed by atoms with E-state index >= 15 is 0 Å². The number of hydrogen-bond acceptors (Lipinski definition) is 5. The van der Waals surface area contributed by atoms with Gasteiger partial charge in [-0.25, -0.2) is 9.67 Å². The monoisotopic (exact) mass is 535 g/mol. The number of benzene rings is 4. The van der Waals surface area contributed by atoms with Crippen LogP contribution in [0.15, 0.2) is 114 Å². The zero-order valence-corrected chi connectivity index (χ0v) is 22.3. The molecule has 0 bridgehead atoms. The minimum absolute atomic E-state index is 0.204. The third-order valence-corrected chi connectivity index (χ3v) is 6.74. The van der Waals surface area contributed by atoms with Crippen LogP contribution >= 0.6 is 0 Å². The topological polar surface area (TPSA) is 96.6 Å². The minimum atomic E-state index is -0.298. The number of para-hydroxylation sites is 2. The summed E-state index contributed by atoms with van der Waals surface area (Å²) in [5.41, 5.74) is 5.64. The van der Waals surface area contributed by atoms with Gasteiger partial charge < -0.3 is 9.72 Å². The average molecular weight is 536 g/mol. The van der Waals surface area contributed by atoms with Crippen LogP contribution in [-0.2, 0) is 6.61 Å². The highest BCUT2D eigenvalue weighted by Gasteiger charge is 2.16. The molecule has 0 fully saturated rings. The van der Waals surface area contributed by atoms with Crippen LogP contribution in [0, 0.1) is 18.3 Å². The van der Waals surface area contributed by atoms with Gasteiger partial charge in [-0.3, -0.25) is 4.79 Å². The fourth-order valence-corrected chi connectivity index (χ4v) is 4.65. The number of aromatic nitrogens is 4. The van der Waals surface area contributed by atoms with Crippen molar-refractivity contribution in [3.63, 3.8) is 0 Å². The molecule has 41 heavy (non-hydrogen) atoms. The second-order valence-corrected chi connectivity index (χ2v) is 9.57. The highest BCUT2D eigenvalue weighted by Crippen LogP contribution is 2.31. The van der Waals surface area contributed by atoms with E-state index in [0.717, 1.165) is 28.1 Å². The van der Waals surface area contributed by atoms with Crippen molar-refractivity contribution in [2.45, 2.75) is 13.5 Å².